The number of phenols is 1. The molecule has 3 rings (SSSR count). The SMILES string of the molecule is NC(=O)Cc1c(Cc2ccccc2)ncn1Cc1cc(O)cc(F)c1. The molecule has 3 N–H and O–H groups in total. The Morgan fingerprint density at radius 2 is 1.92 bits per heavy atom. The van der Waals surface area contributed by atoms with Gasteiger partial charge in [0.2, 0.25) is 5.91 Å². The van der Waals surface area contributed by atoms with Crippen LogP contribution in [0, 0.1) is 5.82 Å². The summed E-state index contributed by atoms with van der Waals surface area (Å²) >= 11 is 0. The van der Waals surface area contributed by atoms with Crippen molar-refractivity contribution in [2.45, 2.75) is 19.4 Å². The van der Waals surface area contributed by atoms with E-state index in [1.807, 2.05) is 30.3 Å². The van der Waals surface area contributed by atoms with Gasteiger partial charge in [-0.25, -0.2) is 9.37 Å². The highest BCUT2D eigenvalue weighted by atomic mass is 19.1. The van der Waals surface area contributed by atoms with E-state index >= 15 is 0 Å². The molecule has 6 heteroatoms. The maximum Gasteiger partial charge on any atom is 0.223 e. The van der Waals surface area contributed by atoms with Crippen LogP contribution in [0.1, 0.15) is 22.5 Å². The number of imidazole rings is 1. The van der Waals surface area contributed by atoms with Gasteiger partial charge in [0.1, 0.15) is 11.6 Å². The highest BCUT2D eigenvalue weighted by Crippen LogP contribution is 2.19. The Labute approximate surface area is 144 Å². The van der Waals surface area contributed by atoms with Crippen molar-refractivity contribution in [1.29, 1.82) is 0 Å². The standard InChI is InChI=1S/C19H18FN3O2/c20-15-6-14(7-16(24)9-15)11-23-12-22-17(18(23)10-19(21)25)8-13-4-2-1-3-5-13/h1-7,9,12,24H,8,10-11H2,(H2,21,25). The van der Waals surface area contributed by atoms with Gasteiger partial charge >= 0.3 is 0 Å². The Morgan fingerprint density at radius 3 is 2.60 bits per heavy atom. The average Bonchev–Trinajstić information content (AvgIpc) is 2.89. The third-order valence-electron chi connectivity index (χ3n) is 3.88. The number of halogens is 1. The maximum atomic E-state index is 13.5. The zero-order valence-corrected chi connectivity index (χ0v) is 13.5. The van der Waals surface area contributed by atoms with Gasteiger partial charge in [0.15, 0.2) is 0 Å². The molecular formula is C19H18FN3O2. The molecule has 3 aromatic rings. The number of carbonyl (C=O) groups is 1. The molecule has 0 spiro atoms. The molecule has 1 aromatic heterocycles. The van der Waals surface area contributed by atoms with Crippen molar-refractivity contribution in [1.82, 2.24) is 9.55 Å². The van der Waals surface area contributed by atoms with Crippen LogP contribution in [0.5, 0.6) is 5.75 Å². The third-order valence-corrected chi connectivity index (χ3v) is 3.88. The van der Waals surface area contributed by atoms with Gasteiger partial charge in [-0.05, 0) is 23.3 Å². The Hall–Kier alpha value is -3.15. The van der Waals surface area contributed by atoms with Crippen molar-refractivity contribution in [3.05, 3.63) is 83.2 Å². The fourth-order valence-corrected chi connectivity index (χ4v) is 2.81. The molecule has 5 nitrogen and oxygen atoms in total. The van der Waals surface area contributed by atoms with Crippen molar-refractivity contribution >= 4 is 5.91 Å². The number of nitrogens with zero attached hydrogens (tertiary/aromatic N) is 2. The van der Waals surface area contributed by atoms with Crippen LogP contribution in [0.15, 0.2) is 54.9 Å². The quantitative estimate of drug-likeness (QED) is 0.723. The second kappa shape index (κ2) is 7.17. The van der Waals surface area contributed by atoms with Crippen molar-refractivity contribution < 1.29 is 14.3 Å². The fourth-order valence-electron chi connectivity index (χ4n) is 2.81. The van der Waals surface area contributed by atoms with Gasteiger partial charge in [0, 0.05) is 19.0 Å². The Kier molecular flexibility index (Phi) is 4.79. The van der Waals surface area contributed by atoms with Crippen molar-refractivity contribution in [2.75, 3.05) is 0 Å². The summed E-state index contributed by atoms with van der Waals surface area (Å²) in [6, 6.07) is 13.6. The van der Waals surface area contributed by atoms with Crippen LogP contribution in [0.25, 0.3) is 0 Å². The molecule has 0 bridgehead atoms. The van der Waals surface area contributed by atoms with Gasteiger partial charge in [-0.1, -0.05) is 30.3 Å². The van der Waals surface area contributed by atoms with Gasteiger partial charge in [0.05, 0.1) is 24.1 Å². The van der Waals surface area contributed by atoms with Crippen molar-refractivity contribution in [2.24, 2.45) is 5.73 Å². The lowest BCUT2D eigenvalue weighted by Crippen LogP contribution is -2.18. The summed E-state index contributed by atoms with van der Waals surface area (Å²) < 4.78 is 15.2. The summed E-state index contributed by atoms with van der Waals surface area (Å²) in [5.74, 6) is -1.12. The zero-order valence-electron chi connectivity index (χ0n) is 13.5. The summed E-state index contributed by atoms with van der Waals surface area (Å²) in [6.07, 6.45) is 2.23. The van der Waals surface area contributed by atoms with E-state index < -0.39 is 11.7 Å². The molecule has 0 aliphatic heterocycles. The van der Waals surface area contributed by atoms with E-state index in [0.717, 1.165) is 17.3 Å². The first kappa shape index (κ1) is 16.7. The molecule has 0 radical (unpaired) electrons. The topological polar surface area (TPSA) is 81.1 Å². The predicted octanol–water partition coefficient (Wildman–Crippen LogP) is 2.39. The summed E-state index contributed by atoms with van der Waals surface area (Å²) in [7, 11) is 0. The first-order valence-corrected chi connectivity index (χ1v) is 7.85. The molecule has 25 heavy (non-hydrogen) atoms. The normalized spacial score (nSPS) is 10.8. The summed E-state index contributed by atoms with van der Waals surface area (Å²) in [5.41, 5.74) is 8.47. The number of aromatic hydroxyl groups is 1. The molecule has 1 amide bonds. The number of hydrogen-bond donors (Lipinski definition) is 2. The number of amides is 1. The molecule has 0 aliphatic rings. The van der Waals surface area contributed by atoms with Gasteiger partial charge in [-0.3, -0.25) is 4.79 Å². The van der Waals surface area contributed by atoms with Crippen LogP contribution in [0.4, 0.5) is 4.39 Å². The summed E-state index contributed by atoms with van der Waals surface area (Å²) in [5, 5.41) is 9.55. The molecule has 0 fully saturated rings. The lowest BCUT2D eigenvalue weighted by molar-refractivity contribution is -0.117. The van der Waals surface area contributed by atoms with Crippen LogP contribution in [0.2, 0.25) is 0 Å². The number of carbonyl (C=O) groups excluding carboxylic acids is 1. The number of nitrogens with two attached hydrogens (primary N) is 1. The maximum absolute atomic E-state index is 13.5. The van der Waals surface area contributed by atoms with E-state index in [1.165, 1.54) is 12.1 Å². The molecular weight excluding hydrogens is 321 g/mol. The second-order valence-corrected chi connectivity index (χ2v) is 5.89. The van der Waals surface area contributed by atoms with Gasteiger partial charge in [-0.2, -0.15) is 0 Å². The van der Waals surface area contributed by atoms with E-state index in [9.17, 15) is 14.3 Å². The molecule has 1 heterocycles. The largest absolute Gasteiger partial charge is 0.508 e. The minimum Gasteiger partial charge on any atom is -0.508 e. The highest BCUT2D eigenvalue weighted by molar-refractivity contribution is 5.76. The molecule has 0 atom stereocenters. The first-order chi connectivity index (χ1) is 12.0. The fraction of sp³-hybridized carbons (Fsp3) is 0.158. The Bertz CT molecular complexity index is 871. The molecule has 0 aliphatic carbocycles. The number of phenolic OH excluding ortho intramolecular Hbond substituents is 1. The van der Waals surface area contributed by atoms with Gasteiger partial charge in [-0.15, -0.1) is 0 Å². The second-order valence-electron chi connectivity index (χ2n) is 5.89. The number of rotatable bonds is 6. The van der Waals surface area contributed by atoms with Gasteiger partial charge in [0.25, 0.3) is 0 Å². The molecule has 2 aromatic carbocycles. The predicted molar refractivity (Wildman–Crippen MR) is 91.5 cm³/mol. The highest BCUT2D eigenvalue weighted by Gasteiger charge is 2.14. The lowest BCUT2D eigenvalue weighted by atomic mass is 10.1. The van der Waals surface area contributed by atoms with E-state index in [-0.39, 0.29) is 18.7 Å². The Morgan fingerprint density at radius 1 is 1.16 bits per heavy atom. The minimum absolute atomic E-state index is 0.0451. The number of benzene rings is 2. The number of hydrogen-bond acceptors (Lipinski definition) is 3. The Balaban J connectivity index is 1.92. The monoisotopic (exact) mass is 339 g/mol. The van der Waals surface area contributed by atoms with Crippen LogP contribution < -0.4 is 5.73 Å². The van der Waals surface area contributed by atoms with Crippen LogP contribution in [0.3, 0.4) is 0 Å². The molecule has 0 saturated heterocycles. The van der Waals surface area contributed by atoms with E-state index in [2.05, 4.69) is 4.98 Å². The zero-order chi connectivity index (χ0) is 17.8. The number of primary amides is 1. The van der Waals surface area contributed by atoms with Crippen LogP contribution >= 0.6 is 0 Å². The summed E-state index contributed by atoms with van der Waals surface area (Å²) in [6.45, 7) is 0.287. The first-order valence-electron chi connectivity index (χ1n) is 7.85. The molecule has 0 saturated carbocycles. The van der Waals surface area contributed by atoms with E-state index in [1.54, 1.807) is 10.9 Å². The summed E-state index contributed by atoms with van der Waals surface area (Å²) in [4.78, 5) is 15.9. The molecule has 0 unspecified atom stereocenters. The van der Waals surface area contributed by atoms with Crippen LogP contribution in [-0.2, 0) is 24.2 Å². The minimum atomic E-state index is -0.518. The lowest BCUT2D eigenvalue weighted by Gasteiger charge is -2.10. The smallest absolute Gasteiger partial charge is 0.223 e. The molecule has 128 valence electrons. The number of aromatic nitrogens is 2. The van der Waals surface area contributed by atoms with Crippen molar-refractivity contribution in [3.63, 3.8) is 0 Å². The third kappa shape index (κ3) is 4.23. The van der Waals surface area contributed by atoms with Crippen molar-refractivity contribution in [3.8, 4) is 5.75 Å². The van der Waals surface area contributed by atoms with E-state index in [4.69, 9.17) is 5.73 Å². The van der Waals surface area contributed by atoms with Crippen LogP contribution in [-0.4, -0.2) is 20.6 Å². The average molecular weight is 339 g/mol. The van der Waals surface area contributed by atoms with Gasteiger partial charge < -0.3 is 15.4 Å². The van der Waals surface area contributed by atoms with E-state index in [0.29, 0.717) is 17.7 Å².